The van der Waals surface area contributed by atoms with E-state index in [0.29, 0.717) is 12.0 Å². The highest BCUT2D eigenvalue weighted by atomic mass is 19.4. The molecule has 0 bridgehead atoms. The molecular formula is C15H18F3N3O2. The Morgan fingerprint density at radius 3 is 2.57 bits per heavy atom. The lowest BCUT2D eigenvalue weighted by Crippen LogP contribution is -2.21. The summed E-state index contributed by atoms with van der Waals surface area (Å²) >= 11 is 0. The van der Waals surface area contributed by atoms with Crippen LogP contribution in [0, 0.1) is 5.92 Å². The Balaban J connectivity index is 0.000000236. The lowest BCUT2D eigenvalue weighted by Gasteiger charge is -2.10. The van der Waals surface area contributed by atoms with Gasteiger partial charge in [0.25, 0.3) is 0 Å². The molecule has 1 aromatic carbocycles. The molecule has 5 nitrogen and oxygen atoms in total. The van der Waals surface area contributed by atoms with Crippen molar-refractivity contribution in [3.8, 4) is 0 Å². The van der Waals surface area contributed by atoms with Crippen LogP contribution in [0.15, 0.2) is 30.5 Å². The van der Waals surface area contributed by atoms with E-state index in [1.165, 1.54) is 23.7 Å². The van der Waals surface area contributed by atoms with Crippen LogP contribution in [-0.4, -0.2) is 33.1 Å². The molecule has 0 amide bonds. The number of aliphatic carboxylic acids is 1. The Bertz CT molecular complexity index is 669. The number of carboxylic acid groups (broad SMARTS) is 1. The maximum absolute atomic E-state index is 10.6. The summed E-state index contributed by atoms with van der Waals surface area (Å²) in [5.74, 6) is -2.05. The number of hydrogen-bond donors (Lipinski definition) is 2. The summed E-state index contributed by atoms with van der Waals surface area (Å²) in [6.45, 7) is 1.02. The van der Waals surface area contributed by atoms with Gasteiger partial charge in [-0.2, -0.15) is 18.3 Å². The second-order valence-electron chi connectivity index (χ2n) is 5.63. The molecule has 0 aliphatic heterocycles. The molecule has 0 spiro atoms. The van der Waals surface area contributed by atoms with E-state index in [4.69, 9.17) is 15.6 Å². The second kappa shape index (κ2) is 6.99. The van der Waals surface area contributed by atoms with Gasteiger partial charge in [-0.25, -0.2) is 4.79 Å². The summed E-state index contributed by atoms with van der Waals surface area (Å²) in [6, 6.07) is 8.78. The SMILES string of the molecule is N[C@H]1CC[C@@H](Cn2ncc3ccccc32)C1.O=C(O)C(F)(F)F. The normalized spacial score (nSPS) is 21.0. The topological polar surface area (TPSA) is 81.1 Å². The maximum atomic E-state index is 10.6. The van der Waals surface area contributed by atoms with Crippen molar-refractivity contribution < 1.29 is 23.1 Å². The van der Waals surface area contributed by atoms with Crippen molar-refractivity contribution in [2.75, 3.05) is 0 Å². The van der Waals surface area contributed by atoms with Crippen molar-refractivity contribution in [3.05, 3.63) is 30.5 Å². The Morgan fingerprint density at radius 2 is 2.00 bits per heavy atom. The van der Waals surface area contributed by atoms with Gasteiger partial charge in [-0.15, -0.1) is 0 Å². The molecule has 0 unspecified atom stereocenters. The van der Waals surface area contributed by atoms with E-state index >= 15 is 0 Å². The standard InChI is InChI=1S/C13H17N3.C2HF3O2/c14-12-6-5-10(7-12)9-16-13-4-2-1-3-11(13)8-15-16;3-2(4,5)1(6)7/h1-4,8,10,12H,5-7,9,14H2;(H,6,7)/t10-,12+;/m1./s1. The van der Waals surface area contributed by atoms with Crippen LogP contribution in [0.5, 0.6) is 0 Å². The monoisotopic (exact) mass is 329 g/mol. The van der Waals surface area contributed by atoms with E-state index in [9.17, 15) is 13.2 Å². The van der Waals surface area contributed by atoms with E-state index in [1.54, 1.807) is 0 Å². The van der Waals surface area contributed by atoms with E-state index in [-0.39, 0.29) is 0 Å². The summed E-state index contributed by atoms with van der Waals surface area (Å²) < 4.78 is 33.9. The number of nitrogens with zero attached hydrogens (tertiary/aromatic N) is 2. The first-order chi connectivity index (χ1) is 10.8. The average Bonchev–Trinajstić information content (AvgIpc) is 3.06. The molecule has 3 N–H and O–H groups in total. The Kier molecular flexibility index (Phi) is 5.25. The molecule has 1 heterocycles. The zero-order valence-corrected chi connectivity index (χ0v) is 12.3. The number of fused-ring (bicyclic) bond motifs is 1. The Hall–Kier alpha value is -2.09. The molecule has 1 fully saturated rings. The molecule has 0 saturated heterocycles. The summed E-state index contributed by atoms with van der Waals surface area (Å²) in [7, 11) is 0. The maximum Gasteiger partial charge on any atom is 0.490 e. The molecule has 3 rings (SSSR count). The van der Waals surface area contributed by atoms with Gasteiger partial charge in [0.2, 0.25) is 0 Å². The molecule has 126 valence electrons. The highest BCUT2D eigenvalue weighted by Crippen LogP contribution is 2.26. The van der Waals surface area contributed by atoms with Crippen LogP contribution in [0.25, 0.3) is 10.9 Å². The van der Waals surface area contributed by atoms with Gasteiger partial charge in [0.15, 0.2) is 0 Å². The van der Waals surface area contributed by atoms with Crippen molar-refractivity contribution in [2.45, 2.75) is 38.0 Å². The minimum atomic E-state index is -5.08. The highest BCUT2D eigenvalue weighted by Gasteiger charge is 2.38. The summed E-state index contributed by atoms with van der Waals surface area (Å²) in [6.07, 6.45) is 0.428. The molecule has 1 aromatic heterocycles. The molecule has 1 aliphatic rings. The van der Waals surface area contributed by atoms with E-state index < -0.39 is 12.1 Å². The first-order valence-electron chi connectivity index (χ1n) is 7.23. The summed E-state index contributed by atoms with van der Waals surface area (Å²) in [4.78, 5) is 8.90. The molecule has 23 heavy (non-hydrogen) atoms. The molecule has 1 saturated carbocycles. The fourth-order valence-electron chi connectivity index (χ4n) is 2.70. The zero-order chi connectivity index (χ0) is 17.0. The number of hydrogen-bond acceptors (Lipinski definition) is 3. The van der Waals surface area contributed by atoms with Crippen molar-refractivity contribution in [1.29, 1.82) is 0 Å². The van der Waals surface area contributed by atoms with E-state index in [2.05, 4.69) is 34.0 Å². The fraction of sp³-hybridized carbons (Fsp3) is 0.467. The number of carbonyl (C=O) groups is 1. The number of nitrogens with two attached hydrogens (primary N) is 1. The lowest BCUT2D eigenvalue weighted by atomic mass is 10.1. The average molecular weight is 329 g/mol. The first-order valence-corrected chi connectivity index (χ1v) is 7.23. The van der Waals surface area contributed by atoms with Gasteiger partial charge in [-0.1, -0.05) is 18.2 Å². The molecular weight excluding hydrogens is 311 g/mol. The Labute approximate surface area is 130 Å². The third-order valence-electron chi connectivity index (χ3n) is 3.81. The number of alkyl halides is 3. The zero-order valence-electron chi connectivity index (χ0n) is 12.3. The minimum absolute atomic E-state index is 0.409. The lowest BCUT2D eigenvalue weighted by molar-refractivity contribution is -0.192. The van der Waals surface area contributed by atoms with Gasteiger partial charge < -0.3 is 10.8 Å². The number of para-hydroxylation sites is 1. The van der Waals surface area contributed by atoms with E-state index in [1.807, 2.05) is 6.20 Å². The largest absolute Gasteiger partial charge is 0.490 e. The van der Waals surface area contributed by atoms with Gasteiger partial charge in [0.1, 0.15) is 0 Å². The van der Waals surface area contributed by atoms with Gasteiger partial charge in [0.05, 0.1) is 11.7 Å². The Morgan fingerprint density at radius 1 is 1.35 bits per heavy atom. The van der Waals surface area contributed by atoms with Crippen LogP contribution in [0.4, 0.5) is 13.2 Å². The van der Waals surface area contributed by atoms with Crippen LogP contribution < -0.4 is 5.73 Å². The quantitative estimate of drug-likeness (QED) is 0.888. The number of halogens is 3. The fourth-order valence-corrected chi connectivity index (χ4v) is 2.70. The number of benzene rings is 1. The number of rotatable bonds is 2. The van der Waals surface area contributed by atoms with Crippen molar-refractivity contribution in [1.82, 2.24) is 9.78 Å². The predicted octanol–water partition coefficient (Wildman–Crippen LogP) is 2.80. The smallest absolute Gasteiger partial charge is 0.475 e. The highest BCUT2D eigenvalue weighted by molar-refractivity contribution is 5.78. The summed E-state index contributed by atoms with van der Waals surface area (Å²) in [5, 5.41) is 12.8. The van der Waals surface area contributed by atoms with Crippen molar-refractivity contribution in [3.63, 3.8) is 0 Å². The predicted molar refractivity (Wildman–Crippen MR) is 78.7 cm³/mol. The van der Waals surface area contributed by atoms with Crippen LogP contribution in [-0.2, 0) is 11.3 Å². The molecule has 0 radical (unpaired) electrons. The van der Waals surface area contributed by atoms with Gasteiger partial charge >= 0.3 is 12.1 Å². The summed E-state index contributed by atoms with van der Waals surface area (Å²) in [5.41, 5.74) is 7.18. The molecule has 2 aromatic rings. The van der Waals surface area contributed by atoms with Gasteiger partial charge in [0, 0.05) is 18.0 Å². The molecule has 2 atom stereocenters. The second-order valence-corrected chi connectivity index (χ2v) is 5.63. The first kappa shape index (κ1) is 17.3. The molecule has 1 aliphatic carbocycles. The van der Waals surface area contributed by atoms with E-state index in [0.717, 1.165) is 13.0 Å². The van der Waals surface area contributed by atoms with Gasteiger partial charge in [-0.3, -0.25) is 4.68 Å². The number of carboxylic acids is 1. The van der Waals surface area contributed by atoms with Crippen LogP contribution >= 0.6 is 0 Å². The van der Waals surface area contributed by atoms with Gasteiger partial charge in [-0.05, 0) is 31.2 Å². The van der Waals surface area contributed by atoms with Crippen LogP contribution in [0.2, 0.25) is 0 Å². The number of aromatic nitrogens is 2. The molecule has 8 heteroatoms. The van der Waals surface area contributed by atoms with Crippen LogP contribution in [0.1, 0.15) is 19.3 Å². The third-order valence-corrected chi connectivity index (χ3v) is 3.81. The van der Waals surface area contributed by atoms with Crippen molar-refractivity contribution in [2.24, 2.45) is 11.7 Å². The third kappa shape index (κ3) is 4.69. The van der Waals surface area contributed by atoms with Crippen LogP contribution in [0.3, 0.4) is 0 Å². The minimum Gasteiger partial charge on any atom is -0.475 e. The van der Waals surface area contributed by atoms with Crippen molar-refractivity contribution >= 4 is 16.9 Å².